The molecule has 0 saturated carbocycles. The van der Waals surface area contributed by atoms with Gasteiger partial charge in [0.15, 0.2) is 0 Å². The molecule has 1 saturated heterocycles. The van der Waals surface area contributed by atoms with E-state index in [-0.39, 0.29) is 6.10 Å². The maximum atomic E-state index is 6.24. The highest BCUT2D eigenvalue weighted by Gasteiger charge is 2.24. The van der Waals surface area contributed by atoms with Gasteiger partial charge in [-0.05, 0) is 57.6 Å². The molecule has 142 valence electrons. The van der Waals surface area contributed by atoms with Gasteiger partial charge in [-0.25, -0.2) is 4.98 Å². The first-order chi connectivity index (χ1) is 12.8. The number of fused-ring (bicyclic) bond motifs is 1. The second-order valence-electron chi connectivity index (χ2n) is 7.32. The second kappa shape index (κ2) is 9.89. The van der Waals surface area contributed by atoms with Gasteiger partial charge in [-0.1, -0.05) is 29.9 Å². The van der Waals surface area contributed by atoms with E-state index >= 15 is 0 Å². The monoisotopic (exact) mass is 355 g/mol. The molecular formula is C22H33N3O. The predicted octanol–water partition coefficient (Wildman–Crippen LogP) is 4.19. The van der Waals surface area contributed by atoms with Crippen LogP contribution in [0.2, 0.25) is 0 Å². The van der Waals surface area contributed by atoms with Crippen LogP contribution in [0.1, 0.15) is 56.9 Å². The summed E-state index contributed by atoms with van der Waals surface area (Å²) in [6, 6.07) is 4.46. The number of allylic oxidation sites excluding steroid dienone is 3. The molecule has 2 heterocycles. The van der Waals surface area contributed by atoms with Gasteiger partial charge in [0.25, 0.3) is 0 Å². The molecule has 3 rings (SSSR count). The van der Waals surface area contributed by atoms with Gasteiger partial charge >= 0.3 is 0 Å². The fourth-order valence-corrected chi connectivity index (χ4v) is 3.72. The van der Waals surface area contributed by atoms with Gasteiger partial charge in [-0.3, -0.25) is 0 Å². The molecule has 1 unspecified atom stereocenters. The van der Waals surface area contributed by atoms with Crippen molar-refractivity contribution in [1.29, 1.82) is 0 Å². The molecule has 1 atom stereocenters. The molecule has 0 spiro atoms. The maximum absolute atomic E-state index is 6.24. The van der Waals surface area contributed by atoms with Crippen molar-refractivity contribution < 1.29 is 4.74 Å². The summed E-state index contributed by atoms with van der Waals surface area (Å²) in [7, 11) is 0. The van der Waals surface area contributed by atoms with Gasteiger partial charge in [-0.15, -0.1) is 0 Å². The van der Waals surface area contributed by atoms with E-state index in [9.17, 15) is 0 Å². The molecule has 0 radical (unpaired) electrons. The van der Waals surface area contributed by atoms with Crippen molar-refractivity contribution in [1.82, 2.24) is 10.3 Å². The van der Waals surface area contributed by atoms with Crippen LogP contribution < -0.4 is 10.2 Å². The first-order valence-electron chi connectivity index (χ1n) is 10.1. The molecule has 0 bridgehead atoms. The Kier molecular flexibility index (Phi) is 7.27. The first-order valence-corrected chi connectivity index (χ1v) is 10.1. The molecule has 1 aliphatic carbocycles. The Morgan fingerprint density at radius 1 is 1.35 bits per heavy atom. The normalized spacial score (nSPS) is 21.2. The van der Waals surface area contributed by atoms with Gasteiger partial charge in [0, 0.05) is 26.2 Å². The van der Waals surface area contributed by atoms with E-state index in [1.807, 2.05) is 0 Å². The number of hydrogen-bond donors (Lipinski definition) is 1. The lowest BCUT2D eigenvalue weighted by molar-refractivity contribution is 0.0572. The Hall–Kier alpha value is -1.65. The molecule has 1 aliphatic heterocycles. The van der Waals surface area contributed by atoms with Gasteiger partial charge in [0.2, 0.25) is 0 Å². The summed E-state index contributed by atoms with van der Waals surface area (Å²) >= 11 is 0. The van der Waals surface area contributed by atoms with Gasteiger partial charge in [-0.2, -0.15) is 0 Å². The fraction of sp³-hybridized carbons (Fsp3) is 0.591. The number of aryl methyl sites for hydroxylation is 1. The van der Waals surface area contributed by atoms with Crippen molar-refractivity contribution in [3.8, 4) is 0 Å². The third-order valence-corrected chi connectivity index (χ3v) is 5.33. The molecule has 1 aromatic heterocycles. The highest BCUT2D eigenvalue weighted by Crippen LogP contribution is 2.32. The van der Waals surface area contributed by atoms with Crippen molar-refractivity contribution in [3.63, 3.8) is 0 Å². The summed E-state index contributed by atoms with van der Waals surface area (Å²) in [4.78, 5) is 7.40. The molecular weight excluding hydrogens is 322 g/mol. The van der Waals surface area contributed by atoms with E-state index in [0.717, 1.165) is 57.7 Å². The summed E-state index contributed by atoms with van der Waals surface area (Å²) in [5, 5.41) is 3.41. The molecule has 1 fully saturated rings. The van der Waals surface area contributed by atoms with Crippen LogP contribution in [-0.2, 0) is 11.2 Å². The minimum absolute atomic E-state index is 0.140. The lowest BCUT2D eigenvalue weighted by Gasteiger charge is -2.31. The van der Waals surface area contributed by atoms with E-state index in [4.69, 9.17) is 9.72 Å². The molecule has 4 nitrogen and oxygen atoms in total. The van der Waals surface area contributed by atoms with Gasteiger partial charge < -0.3 is 15.0 Å². The molecule has 1 N–H and O–H groups in total. The first kappa shape index (κ1) is 19.1. The Balaban J connectivity index is 1.62. The number of ether oxygens (including phenoxy) is 1. The van der Waals surface area contributed by atoms with E-state index in [0.29, 0.717) is 6.61 Å². The van der Waals surface area contributed by atoms with Gasteiger partial charge in [0.05, 0.1) is 12.3 Å². The van der Waals surface area contributed by atoms with Crippen LogP contribution in [-0.4, -0.2) is 37.8 Å². The van der Waals surface area contributed by atoms with Crippen LogP contribution in [0.4, 0.5) is 5.82 Å². The van der Waals surface area contributed by atoms with Crippen molar-refractivity contribution >= 4 is 5.82 Å². The number of piperazine rings is 1. The molecule has 0 aromatic carbocycles. The van der Waals surface area contributed by atoms with E-state index in [1.54, 1.807) is 0 Å². The number of nitrogens with zero attached hydrogens (tertiary/aromatic N) is 2. The Morgan fingerprint density at radius 3 is 3.00 bits per heavy atom. The van der Waals surface area contributed by atoms with Crippen molar-refractivity contribution in [2.45, 2.75) is 52.1 Å². The number of aromatic nitrogens is 1. The SMILES string of the molecule is C/C=C\CC/C(C)=C/COC1CCCc2ccc(N3CCNCC3)nc21. The zero-order valence-corrected chi connectivity index (χ0v) is 16.3. The average molecular weight is 356 g/mol. The lowest BCUT2D eigenvalue weighted by atomic mass is 9.93. The molecule has 2 aliphatic rings. The average Bonchev–Trinajstić information content (AvgIpc) is 2.69. The standard InChI is InChI=1S/C22H33N3O/c1-3-4-5-7-18(2)12-17-26-20-9-6-8-19-10-11-21(24-22(19)20)25-15-13-23-14-16-25/h3-4,10-12,20,23H,5-9,13-17H2,1-2H3/b4-3-,18-12+. The van der Waals surface area contributed by atoms with Crippen LogP contribution in [0.15, 0.2) is 35.9 Å². The zero-order valence-electron chi connectivity index (χ0n) is 16.3. The number of hydrogen-bond acceptors (Lipinski definition) is 4. The van der Waals surface area contributed by atoms with Crippen LogP contribution in [0, 0.1) is 0 Å². The summed E-state index contributed by atoms with van der Waals surface area (Å²) in [5.41, 5.74) is 3.95. The second-order valence-corrected chi connectivity index (χ2v) is 7.32. The third kappa shape index (κ3) is 5.18. The number of anilines is 1. The number of rotatable bonds is 7. The van der Waals surface area contributed by atoms with E-state index in [2.05, 4.69) is 54.4 Å². The van der Waals surface area contributed by atoms with E-state index in [1.165, 1.54) is 23.3 Å². The third-order valence-electron chi connectivity index (χ3n) is 5.33. The number of pyridine rings is 1. The van der Waals surface area contributed by atoms with Crippen LogP contribution in [0.25, 0.3) is 0 Å². The highest BCUT2D eigenvalue weighted by atomic mass is 16.5. The van der Waals surface area contributed by atoms with Crippen LogP contribution in [0.5, 0.6) is 0 Å². The van der Waals surface area contributed by atoms with Gasteiger partial charge in [0.1, 0.15) is 11.9 Å². The molecule has 4 heteroatoms. The predicted molar refractivity (Wildman–Crippen MR) is 109 cm³/mol. The Bertz CT molecular complexity index is 632. The van der Waals surface area contributed by atoms with E-state index < -0.39 is 0 Å². The summed E-state index contributed by atoms with van der Waals surface area (Å²) < 4.78 is 6.24. The van der Waals surface area contributed by atoms with Crippen LogP contribution in [0.3, 0.4) is 0 Å². The quantitative estimate of drug-likeness (QED) is 0.744. The van der Waals surface area contributed by atoms with Crippen LogP contribution >= 0.6 is 0 Å². The van der Waals surface area contributed by atoms with Crippen molar-refractivity contribution in [2.75, 3.05) is 37.7 Å². The Morgan fingerprint density at radius 2 is 2.19 bits per heavy atom. The number of nitrogens with one attached hydrogen (secondary N) is 1. The summed E-state index contributed by atoms with van der Waals surface area (Å²) in [6.07, 6.45) is 12.3. The minimum Gasteiger partial charge on any atom is -0.368 e. The molecule has 1 aromatic rings. The fourth-order valence-electron chi connectivity index (χ4n) is 3.72. The molecule has 0 amide bonds. The minimum atomic E-state index is 0.140. The largest absolute Gasteiger partial charge is 0.368 e. The maximum Gasteiger partial charge on any atom is 0.129 e. The summed E-state index contributed by atoms with van der Waals surface area (Å²) in [5.74, 6) is 1.11. The zero-order chi connectivity index (χ0) is 18.2. The molecule has 26 heavy (non-hydrogen) atoms. The topological polar surface area (TPSA) is 37.4 Å². The Labute approximate surface area is 158 Å². The van der Waals surface area contributed by atoms with Crippen molar-refractivity contribution in [2.24, 2.45) is 0 Å². The lowest BCUT2D eigenvalue weighted by Crippen LogP contribution is -2.44. The highest BCUT2D eigenvalue weighted by molar-refractivity contribution is 5.43. The smallest absolute Gasteiger partial charge is 0.129 e. The van der Waals surface area contributed by atoms with Crippen molar-refractivity contribution in [3.05, 3.63) is 47.2 Å². The summed E-state index contributed by atoms with van der Waals surface area (Å²) in [6.45, 7) is 9.10.